The highest BCUT2D eigenvalue weighted by Crippen LogP contribution is 2.27. The third-order valence-electron chi connectivity index (χ3n) is 3.61. The number of piperidine rings is 1. The van der Waals surface area contributed by atoms with Gasteiger partial charge in [-0.15, -0.1) is 0 Å². The van der Waals surface area contributed by atoms with Crippen LogP contribution in [0.25, 0.3) is 0 Å². The van der Waals surface area contributed by atoms with Crippen molar-refractivity contribution in [3.05, 3.63) is 0 Å². The predicted molar refractivity (Wildman–Crippen MR) is 68.0 cm³/mol. The monoisotopic (exact) mass is 254 g/mol. The molecule has 2 rings (SSSR count). The molecule has 1 aliphatic heterocycles. The van der Waals surface area contributed by atoms with Gasteiger partial charge in [0.1, 0.15) is 0 Å². The molecule has 0 radical (unpaired) electrons. The average molecular weight is 254 g/mol. The number of nitrogens with two attached hydrogens (primary N) is 1. The Balaban J connectivity index is 1.70. The van der Waals surface area contributed by atoms with Crippen LogP contribution in [0.4, 0.5) is 9.59 Å². The van der Waals surface area contributed by atoms with Crippen molar-refractivity contribution in [1.29, 1.82) is 0 Å². The normalized spacial score (nSPS) is 23.6. The van der Waals surface area contributed by atoms with E-state index in [2.05, 4.69) is 10.6 Å². The zero-order valence-electron chi connectivity index (χ0n) is 10.7. The van der Waals surface area contributed by atoms with Gasteiger partial charge in [0.15, 0.2) is 0 Å². The summed E-state index contributed by atoms with van der Waals surface area (Å²) in [5.74, 6) is 1.02. The van der Waals surface area contributed by atoms with Crippen molar-refractivity contribution in [3.8, 4) is 0 Å². The molecule has 2 aliphatic rings. The van der Waals surface area contributed by atoms with Gasteiger partial charge in [0.25, 0.3) is 0 Å². The first-order valence-electron chi connectivity index (χ1n) is 6.71. The molecule has 0 aromatic rings. The van der Waals surface area contributed by atoms with Gasteiger partial charge in [-0.1, -0.05) is 0 Å². The molecule has 1 saturated carbocycles. The van der Waals surface area contributed by atoms with Gasteiger partial charge < -0.3 is 21.3 Å². The van der Waals surface area contributed by atoms with Crippen LogP contribution in [0.15, 0.2) is 0 Å². The van der Waals surface area contributed by atoms with Crippen LogP contribution in [0.3, 0.4) is 0 Å². The Labute approximate surface area is 107 Å². The molecule has 1 saturated heterocycles. The number of hydrogen-bond acceptors (Lipinski definition) is 2. The van der Waals surface area contributed by atoms with Crippen LogP contribution < -0.4 is 16.4 Å². The topological polar surface area (TPSA) is 87.5 Å². The van der Waals surface area contributed by atoms with E-state index in [0.717, 1.165) is 25.9 Å². The molecule has 1 aliphatic carbocycles. The van der Waals surface area contributed by atoms with Crippen molar-refractivity contribution in [2.24, 2.45) is 17.6 Å². The Morgan fingerprint density at radius 1 is 1.11 bits per heavy atom. The van der Waals surface area contributed by atoms with Crippen LogP contribution in [0, 0.1) is 11.8 Å². The minimum absolute atomic E-state index is 0.0330. The quantitative estimate of drug-likeness (QED) is 0.681. The zero-order chi connectivity index (χ0) is 13.0. The Bertz CT molecular complexity index is 317. The van der Waals surface area contributed by atoms with Crippen LogP contribution in [-0.4, -0.2) is 43.1 Å². The van der Waals surface area contributed by atoms with E-state index in [4.69, 9.17) is 5.73 Å². The molecule has 4 N–H and O–H groups in total. The molecule has 0 spiro atoms. The summed E-state index contributed by atoms with van der Waals surface area (Å²) in [5.41, 5.74) is 5.05. The minimum atomic E-state index is -0.495. The summed E-state index contributed by atoms with van der Waals surface area (Å²) in [6.45, 7) is 2.88. The number of carbonyl (C=O) groups is 2. The molecule has 2 fully saturated rings. The van der Waals surface area contributed by atoms with E-state index >= 15 is 0 Å². The summed E-state index contributed by atoms with van der Waals surface area (Å²) < 4.78 is 0. The van der Waals surface area contributed by atoms with E-state index in [0.29, 0.717) is 24.9 Å². The number of amides is 4. The average Bonchev–Trinajstić information content (AvgIpc) is 3.18. The number of rotatable bonds is 4. The molecule has 4 amide bonds. The lowest BCUT2D eigenvalue weighted by Crippen LogP contribution is -2.48. The first-order valence-corrected chi connectivity index (χ1v) is 6.71. The van der Waals surface area contributed by atoms with Crippen LogP contribution in [0.5, 0.6) is 0 Å². The lowest BCUT2D eigenvalue weighted by molar-refractivity contribution is 0.164. The Morgan fingerprint density at radius 3 is 2.50 bits per heavy atom. The van der Waals surface area contributed by atoms with Crippen molar-refractivity contribution >= 4 is 12.1 Å². The van der Waals surface area contributed by atoms with Crippen LogP contribution >= 0.6 is 0 Å². The van der Waals surface area contributed by atoms with Crippen LogP contribution in [-0.2, 0) is 0 Å². The summed E-state index contributed by atoms with van der Waals surface area (Å²) >= 11 is 0. The maximum atomic E-state index is 11.9. The van der Waals surface area contributed by atoms with E-state index < -0.39 is 6.03 Å². The minimum Gasteiger partial charge on any atom is -0.352 e. The van der Waals surface area contributed by atoms with E-state index in [1.807, 2.05) is 4.90 Å². The highest BCUT2D eigenvalue weighted by atomic mass is 16.2. The standard InChI is InChI=1S/C12H22N4O2/c13-11(17)14-7-10-2-1-5-16(8-10)12(18)15-6-9-3-4-9/h9-10H,1-8H2,(H,15,18)(H3,13,14,17). The lowest BCUT2D eigenvalue weighted by atomic mass is 9.98. The van der Waals surface area contributed by atoms with Gasteiger partial charge in [0, 0.05) is 26.2 Å². The molecule has 1 heterocycles. The van der Waals surface area contributed by atoms with E-state index in [1.54, 1.807) is 0 Å². The molecular formula is C12H22N4O2. The third kappa shape index (κ3) is 4.09. The highest BCUT2D eigenvalue weighted by molar-refractivity contribution is 5.74. The largest absolute Gasteiger partial charge is 0.352 e. The summed E-state index contributed by atoms with van der Waals surface area (Å²) in [6, 6.07) is -0.462. The SMILES string of the molecule is NC(=O)NCC1CCCN(C(=O)NCC2CC2)C1. The molecule has 1 atom stereocenters. The Morgan fingerprint density at radius 2 is 1.83 bits per heavy atom. The number of nitrogens with one attached hydrogen (secondary N) is 2. The maximum absolute atomic E-state index is 11.9. The molecule has 6 heteroatoms. The number of likely N-dealkylation sites (tertiary alicyclic amines) is 1. The first kappa shape index (κ1) is 13.0. The smallest absolute Gasteiger partial charge is 0.317 e. The first-order chi connectivity index (χ1) is 8.65. The van der Waals surface area contributed by atoms with Crippen LogP contribution in [0.2, 0.25) is 0 Å². The molecular weight excluding hydrogens is 232 g/mol. The fourth-order valence-electron chi connectivity index (χ4n) is 2.33. The van der Waals surface area contributed by atoms with Gasteiger partial charge in [-0.2, -0.15) is 0 Å². The lowest BCUT2D eigenvalue weighted by Gasteiger charge is -2.32. The second-order valence-corrected chi connectivity index (χ2v) is 5.33. The maximum Gasteiger partial charge on any atom is 0.317 e. The van der Waals surface area contributed by atoms with Crippen molar-refractivity contribution < 1.29 is 9.59 Å². The fourth-order valence-corrected chi connectivity index (χ4v) is 2.33. The summed E-state index contributed by atoms with van der Waals surface area (Å²) in [5, 5.41) is 5.59. The molecule has 1 unspecified atom stereocenters. The van der Waals surface area contributed by atoms with Crippen molar-refractivity contribution in [2.75, 3.05) is 26.2 Å². The number of primary amides is 1. The summed E-state index contributed by atoms with van der Waals surface area (Å²) in [7, 11) is 0. The van der Waals surface area contributed by atoms with Gasteiger partial charge >= 0.3 is 12.1 Å². The molecule has 0 bridgehead atoms. The van der Waals surface area contributed by atoms with Gasteiger partial charge in [0.05, 0.1) is 0 Å². The van der Waals surface area contributed by atoms with Crippen molar-refractivity contribution in [1.82, 2.24) is 15.5 Å². The van der Waals surface area contributed by atoms with Gasteiger partial charge in [0.2, 0.25) is 0 Å². The molecule has 0 aromatic heterocycles. The molecule has 6 nitrogen and oxygen atoms in total. The summed E-state index contributed by atoms with van der Waals surface area (Å²) in [4.78, 5) is 24.4. The van der Waals surface area contributed by atoms with E-state index in [-0.39, 0.29) is 6.03 Å². The molecule has 0 aromatic carbocycles. The predicted octanol–water partition coefficient (Wildman–Crippen LogP) is 0.486. The third-order valence-corrected chi connectivity index (χ3v) is 3.61. The molecule has 18 heavy (non-hydrogen) atoms. The van der Waals surface area contributed by atoms with Gasteiger partial charge in [-0.25, -0.2) is 9.59 Å². The van der Waals surface area contributed by atoms with E-state index in [1.165, 1.54) is 12.8 Å². The number of urea groups is 2. The van der Waals surface area contributed by atoms with Crippen LogP contribution in [0.1, 0.15) is 25.7 Å². The number of carbonyl (C=O) groups excluding carboxylic acids is 2. The number of nitrogens with zero attached hydrogens (tertiary/aromatic N) is 1. The highest BCUT2D eigenvalue weighted by Gasteiger charge is 2.26. The van der Waals surface area contributed by atoms with Gasteiger partial charge in [-0.3, -0.25) is 0 Å². The molecule has 102 valence electrons. The number of hydrogen-bond donors (Lipinski definition) is 3. The van der Waals surface area contributed by atoms with Crippen molar-refractivity contribution in [3.63, 3.8) is 0 Å². The summed E-state index contributed by atoms with van der Waals surface area (Å²) in [6.07, 6.45) is 4.51. The second kappa shape index (κ2) is 5.93. The van der Waals surface area contributed by atoms with Crippen molar-refractivity contribution in [2.45, 2.75) is 25.7 Å². The Kier molecular flexibility index (Phi) is 4.28. The Hall–Kier alpha value is -1.46. The van der Waals surface area contributed by atoms with E-state index in [9.17, 15) is 9.59 Å². The fraction of sp³-hybridized carbons (Fsp3) is 0.833. The second-order valence-electron chi connectivity index (χ2n) is 5.33. The van der Waals surface area contributed by atoms with Gasteiger partial charge in [-0.05, 0) is 37.5 Å². The zero-order valence-corrected chi connectivity index (χ0v) is 10.7.